The smallest absolute Gasteiger partial charge is 0.259 e. The van der Waals surface area contributed by atoms with Gasteiger partial charge in [-0.05, 0) is 30.5 Å². The highest BCUT2D eigenvalue weighted by molar-refractivity contribution is 5.97. The van der Waals surface area contributed by atoms with Gasteiger partial charge in [-0.1, -0.05) is 6.07 Å². The molecular weight excluding hydrogens is 324 g/mol. The van der Waals surface area contributed by atoms with Crippen LogP contribution in [0.3, 0.4) is 0 Å². The second-order valence-electron chi connectivity index (χ2n) is 6.05. The molecule has 130 valence electrons. The third-order valence-corrected chi connectivity index (χ3v) is 4.63. The van der Waals surface area contributed by atoms with Crippen LogP contribution in [0, 0.1) is 0 Å². The van der Waals surface area contributed by atoms with Crippen molar-refractivity contribution in [1.82, 2.24) is 9.88 Å². The predicted molar refractivity (Wildman–Crippen MR) is 89.2 cm³/mol. The lowest BCUT2D eigenvalue weighted by atomic mass is 10.0. The van der Waals surface area contributed by atoms with E-state index in [1.54, 1.807) is 0 Å². The van der Waals surface area contributed by atoms with Crippen molar-refractivity contribution in [2.24, 2.45) is 0 Å². The minimum Gasteiger partial charge on any atom is -0.496 e. The minimum atomic E-state index is -0.304. The summed E-state index contributed by atoms with van der Waals surface area (Å²) in [5, 5.41) is 0. The quantitative estimate of drug-likeness (QED) is 0.924. The molecule has 2 aromatic rings. The van der Waals surface area contributed by atoms with Gasteiger partial charge in [0.2, 0.25) is 6.79 Å². The number of methoxy groups -OCH3 is 1. The molecule has 1 unspecified atom stereocenters. The zero-order valence-corrected chi connectivity index (χ0v) is 13.8. The summed E-state index contributed by atoms with van der Waals surface area (Å²) < 4.78 is 16.0. The Bertz CT molecular complexity index is 876. The van der Waals surface area contributed by atoms with Gasteiger partial charge in [0.05, 0.1) is 18.7 Å². The monoisotopic (exact) mass is 342 g/mol. The Morgan fingerprint density at radius 2 is 2.12 bits per heavy atom. The number of H-pyrrole nitrogens is 1. The fourth-order valence-electron chi connectivity index (χ4n) is 3.42. The number of carbonyl (C=O) groups excluding carboxylic acids is 1. The van der Waals surface area contributed by atoms with Crippen LogP contribution in [0.2, 0.25) is 0 Å². The van der Waals surface area contributed by atoms with E-state index in [9.17, 15) is 9.59 Å². The summed E-state index contributed by atoms with van der Waals surface area (Å²) >= 11 is 0. The number of rotatable bonds is 3. The number of likely N-dealkylation sites (tertiary alicyclic amines) is 1. The van der Waals surface area contributed by atoms with Gasteiger partial charge in [-0.15, -0.1) is 0 Å². The van der Waals surface area contributed by atoms with Crippen molar-refractivity contribution in [3.63, 3.8) is 0 Å². The van der Waals surface area contributed by atoms with E-state index < -0.39 is 0 Å². The molecule has 1 amide bonds. The van der Waals surface area contributed by atoms with E-state index in [1.165, 1.54) is 19.4 Å². The van der Waals surface area contributed by atoms with Crippen LogP contribution in [-0.4, -0.2) is 36.2 Å². The molecule has 1 atom stereocenters. The van der Waals surface area contributed by atoms with Gasteiger partial charge in [0.15, 0.2) is 11.5 Å². The van der Waals surface area contributed by atoms with Gasteiger partial charge >= 0.3 is 0 Å². The number of pyridine rings is 1. The molecule has 3 heterocycles. The second kappa shape index (κ2) is 6.16. The van der Waals surface area contributed by atoms with Crippen molar-refractivity contribution < 1.29 is 19.0 Å². The van der Waals surface area contributed by atoms with Crippen LogP contribution in [0.5, 0.6) is 17.2 Å². The van der Waals surface area contributed by atoms with Crippen molar-refractivity contribution in [3.05, 3.63) is 51.9 Å². The van der Waals surface area contributed by atoms with E-state index in [1.807, 2.05) is 23.1 Å². The van der Waals surface area contributed by atoms with Crippen molar-refractivity contribution in [1.29, 1.82) is 0 Å². The van der Waals surface area contributed by atoms with Gasteiger partial charge in [-0.2, -0.15) is 0 Å². The number of hydrogen-bond donors (Lipinski definition) is 1. The zero-order valence-electron chi connectivity index (χ0n) is 13.8. The zero-order chi connectivity index (χ0) is 17.4. The Labute approximate surface area is 144 Å². The average molecular weight is 342 g/mol. The summed E-state index contributed by atoms with van der Waals surface area (Å²) in [5.74, 6) is 1.55. The molecular formula is C18H18N2O5. The molecule has 1 N–H and O–H groups in total. The van der Waals surface area contributed by atoms with Crippen LogP contribution in [0.4, 0.5) is 0 Å². The predicted octanol–water partition coefficient (Wildman–Crippen LogP) is 2.09. The Kier molecular flexibility index (Phi) is 3.83. The normalized spacial score (nSPS) is 18.4. The first-order chi connectivity index (χ1) is 12.2. The SMILES string of the molecule is COc1cc(=O)[nH]cc1C(=O)N1CCCC1c1ccc2c(c1)OCO2. The first kappa shape index (κ1) is 15.6. The lowest BCUT2D eigenvalue weighted by Gasteiger charge is -2.26. The molecule has 0 bridgehead atoms. The van der Waals surface area contributed by atoms with Gasteiger partial charge in [0.25, 0.3) is 11.5 Å². The van der Waals surface area contributed by atoms with Crippen molar-refractivity contribution >= 4 is 5.91 Å². The van der Waals surface area contributed by atoms with E-state index in [0.29, 0.717) is 17.9 Å². The molecule has 7 heteroatoms. The summed E-state index contributed by atoms with van der Waals surface area (Å²) in [4.78, 5) is 28.8. The number of aromatic nitrogens is 1. The lowest BCUT2D eigenvalue weighted by molar-refractivity contribution is 0.0731. The summed E-state index contributed by atoms with van der Waals surface area (Å²) in [6.07, 6.45) is 3.20. The number of carbonyl (C=O) groups is 1. The first-order valence-electron chi connectivity index (χ1n) is 8.14. The van der Waals surface area contributed by atoms with Crippen LogP contribution in [0.1, 0.15) is 34.8 Å². The van der Waals surface area contributed by atoms with Crippen LogP contribution < -0.4 is 19.8 Å². The number of hydrogen-bond acceptors (Lipinski definition) is 5. The number of ether oxygens (including phenoxy) is 3. The number of nitrogens with one attached hydrogen (secondary N) is 1. The lowest BCUT2D eigenvalue weighted by Crippen LogP contribution is -2.31. The molecule has 1 saturated heterocycles. The van der Waals surface area contributed by atoms with E-state index >= 15 is 0 Å². The van der Waals surface area contributed by atoms with Gasteiger partial charge in [-0.25, -0.2) is 0 Å². The topological polar surface area (TPSA) is 80.9 Å². The Morgan fingerprint density at radius 3 is 2.96 bits per heavy atom. The number of fused-ring (bicyclic) bond motifs is 1. The minimum absolute atomic E-state index is 0.0429. The number of benzene rings is 1. The molecule has 2 aliphatic heterocycles. The fourth-order valence-corrected chi connectivity index (χ4v) is 3.42. The fraction of sp³-hybridized carbons (Fsp3) is 0.333. The molecule has 1 fully saturated rings. The Balaban J connectivity index is 1.65. The van der Waals surface area contributed by atoms with Crippen LogP contribution in [0.15, 0.2) is 35.3 Å². The first-order valence-corrected chi connectivity index (χ1v) is 8.14. The van der Waals surface area contributed by atoms with E-state index in [4.69, 9.17) is 14.2 Å². The molecule has 0 aliphatic carbocycles. The van der Waals surface area contributed by atoms with E-state index in [-0.39, 0.29) is 30.1 Å². The maximum atomic E-state index is 13.0. The second-order valence-corrected chi connectivity index (χ2v) is 6.05. The molecule has 0 radical (unpaired) electrons. The van der Waals surface area contributed by atoms with E-state index in [2.05, 4.69) is 4.98 Å². The maximum absolute atomic E-state index is 13.0. The molecule has 4 rings (SSSR count). The van der Waals surface area contributed by atoms with Gasteiger partial charge in [0.1, 0.15) is 5.75 Å². The standard InChI is InChI=1S/C18H18N2O5/c1-23-15-8-17(21)19-9-12(15)18(22)20-6-2-3-13(20)11-4-5-14-16(7-11)25-10-24-14/h4-5,7-9,13H,2-3,6,10H2,1H3,(H,19,21). The number of amides is 1. The summed E-state index contributed by atoms with van der Waals surface area (Å²) in [6.45, 7) is 0.876. The van der Waals surface area contributed by atoms with Crippen molar-refractivity contribution in [3.8, 4) is 17.2 Å². The number of nitrogens with zero attached hydrogens (tertiary/aromatic N) is 1. The van der Waals surface area contributed by atoms with Crippen molar-refractivity contribution in [2.45, 2.75) is 18.9 Å². The van der Waals surface area contributed by atoms with Gasteiger partial charge < -0.3 is 24.1 Å². The molecule has 2 aliphatic rings. The molecule has 25 heavy (non-hydrogen) atoms. The average Bonchev–Trinajstić information content (AvgIpc) is 3.29. The molecule has 1 aromatic carbocycles. The largest absolute Gasteiger partial charge is 0.496 e. The van der Waals surface area contributed by atoms with Crippen LogP contribution >= 0.6 is 0 Å². The summed E-state index contributed by atoms with van der Waals surface area (Å²) in [6, 6.07) is 7.02. The molecule has 7 nitrogen and oxygen atoms in total. The highest BCUT2D eigenvalue weighted by atomic mass is 16.7. The third kappa shape index (κ3) is 2.71. The number of aromatic amines is 1. The summed E-state index contributed by atoms with van der Waals surface area (Å²) in [7, 11) is 1.45. The highest BCUT2D eigenvalue weighted by Gasteiger charge is 2.33. The van der Waals surface area contributed by atoms with E-state index in [0.717, 1.165) is 24.2 Å². The molecule has 0 saturated carbocycles. The summed E-state index contributed by atoms with van der Waals surface area (Å²) in [5.41, 5.74) is 1.07. The van der Waals surface area contributed by atoms with Gasteiger partial charge in [0, 0.05) is 18.8 Å². The third-order valence-electron chi connectivity index (χ3n) is 4.63. The van der Waals surface area contributed by atoms with Crippen LogP contribution in [-0.2, 0) is 0 Å². The van der Waals surface area contributed by atoms with Gasteiger partial charge in [-0.3, -0.25) is 9.59 Å². The Hall–Kier alpha value is -2.96. The Morgan fingerprint density at radius 1 is 1.28 bits per heavy atom. The maximum Gasteiger partial charge on any atom is 0.259 e. The highest BCUT2D eigenvalue weighted by Crippen LogP contribution is 2.39. The molecule has 0 spiro atoms. The molecule has 1 aromatic heterocycles. The van der Waals surface area contributed by atoms with Crippen molar-refractivity contribution in [2.75, 3.05) is 20.4 Å². The van der Waals surface area contributed by atoms with Crippen LogP contribution in [0.25, 0.3) is 0 Å².